The van der Waals surface area contributed by atoms with Crippen LogP contribution in [0.3, 0.4) is 0 Å². The molecule has 0 unspecified atom stereocenters. The average molecular weight is 309 g/mol. The van der Waals surface area contributed by atoms with E-state index in [9.17, 15) is 24.9 Å². The van der Waals surface area contributed by atoms with Crippen molar-refractivity contribution in [2.75, 3.05) is 6.61 Å². The van der Waals surface area contributed by atoms with Crippen molar-refractivity contribution < 1.29 is 25.2 Å². The van der Waals surface area contributed by atoms with Crippen molar-refractivity contribution in [2.45, 2.75) is 30.6 Å². The average Bonchev–Trinajstić information content (AvgIpc) is 2.41. The Morgan fingerprint density at radius 3 is 2.50 bits per heavy atom. The van der Waals surface area contributed by atoms with Gasteiger partial charge >= 0.3 is 5.69 Å². The van der Waals surface area contributed by atoms with E-state index in [4.69, 9.17) is 21.4 Å². The van der Waals surface area contributed by atoms with Crippen LogP contribution in [0.4, 0.5) is 0 Å². The highest BCUT2D eigenvalue weighted by molar-refractivity contribution is 6.30. The molecule has 10 heteroatoms. The summed E-state index contributed by atoms with van der Waals surface area (Å²) in [6.45, 7) is -0.632. The van der Waals surface area contributed by atoms with Gasteiger partial charge in [0.2, 0.25) is 0 Å². The number of halogens is 1. The molecule has 2 rings (SSSR count). The number of aliphatic hydroxyl groups excluding tert-OH is 4. The molecule has 0 amide bonds. The molecule has 1 saturated heterocycles. The topological polar surface area (TPSA) is 145 Å². The van der Waals surface area contributed by atoms with Gasteiger partial charge in [-0.2, -0.15) is 0 Å². The minimum absolute atomic E-state index is 0.318. The molecule has 0 bridgehead atoms. The summed E-state index contributed by atoms with van der Waals surface area (Å²) < 4.78 is 5.93. The monoisotopic (exact) mass is 308 g/mol. The highest BCUT2D eigenvalue weighted by atomic mass is 35.5. The van der Waals surface area contributed by atoms with Crippen molar-refractivity contribution in [3.63, 3.8) is 0 Å². The smallest absolute Gasteiger partial charge is 0.330 e. The molecule has 0 aliphatic carbocycles. The van der Waals surface area contributed by atoms with Crippen LogP contribution < -0.4 is 11.2 Å². The van der Waals surface area contributed by atoms with E-state index in [2.05, 4.69) is 0 Å². The minimum atomic E-state index is -1.65. The fourth-order valence-corrected chi connectivity index (χ4v) is 2.11. The summed E-state index contributed by atoms with van der Waals surface area (Å²) in [6.07, 6.45) is -6.46. The number of hydrogen-bond acceptors (Lipinski definition) is 7. The second kappa shape index (κ2) is 5.64. The Bertz CT molecular complexity index is 598. The van der Waals surface area contributed by atoms with Crippen LogP contribution in [-0.4, -0.2) is 61.0 Å². The van der Waals surface area contributed by atoms with Crippen molar-refractivity contribution in [3.8, 4) is 0 Å². The number of H-pyrrole nitrogens is 1. The van der Waals surface area contributed by atoms with E-state index in [1.54, 1.807) is 0 Å². The number of ether oxygens (including phenoxy) is 1. The van der Waals surface area contributed by atoms with Gasteiger partial charge in [0.15, 0.2) is 6.23 Å². The standard InChI is InChI=1S/C10H13ClN2O7/c11-3-1-13(10(19)12-8(3)18)9-7(17)6(16)5(15)4(2-14)20-9/h1,4-7,9,14-17H,2H2,(H,12,18,19)/t4-,5-,6+,7-,9-/m1/s1. The summed E-state index contributed by atoms with van der Waals surface area (Å²) in [4.78, 5) is 24.7. The summed E-state index contributed by atoms with van der Waals surface area (Å²) in [5.74, 6) is 0. The van der Waals surface area contributed by atoms with Crippen LogP contribution in [0.1, 0.15) is 6.23 Å². The van der Waals surface area contributed by atoms with E-state index in [-0.39, 0.29) is 5.02 Å². The Balaban J connectivity index is 2.44. The number of nitrogens with zero attached hydrogens (tertiary/aromatic N) is 1. The Kier molecular flexibility index (Phi) is 4.28. The van der Waals surface area contributed by atoms with Crippen LogP contribution in [0.25, 0.3) is 0 Å². The van der Waals surface area contributed by atoms with Gasteiger partial charge in [0.1, 0.15) is 29.4 Å². The first kappa shape index (κ1) is 15.2. The summed E-state index contributed by atoms with van der Waals surface area (Å²) in [6, 6.07) is 0. The lowest BCUT2D eigenvalue weighted by Crippen LogP contribution is -2.57. The zero-order chi connectivity index (χ0) is 15.0. The van der Waals surface area contributed by atoms with Crippen molar-refractivity contribution in [2.24, 2.45) is 0 Å². The summed E-state index contributed by atoms with van der Waals surface area (Å²) in [7, 11) is 0. The van der Waals surface area contributed by atoms with Gasteiger partial charge < -0.3 is 25.2 Å². The quantitative estimate of drug-likeness (QED) is 0.396. The fourth-order valence-electron chi connectivity index (χ4n) is 1.96. The van der Waals surface area contributed by atoms with Crippen molar-refractivity contribution in [1.82, 2.24) is 9.55 Å². The molecule has 9 nitrogen and oxygen atoms in total. The lowest BCUT2D eigenvalue weighted by molar-refractivity contribution is -0.252. The molecular formula is C10H13ClN2O7. The predicted octanol–water partition coefficient (Wildman–Crippen LogP) is -2.84. The molecule has 0 saturated carbocycles. The van der Waals surface area contributed by atoms with E-state index < -0.39 is 48.5 Å². The maximum absolute atomic E-state index is 11.7. The molecule has 112 valence electrons. The number of aromatic nitrogens is 2. The largest absolute Gasteiger partial charge is 0.394 e. The third-order valence-corrected chi connectivity index (χ3v) is 3.33. The number of hydrogen-bond donors (Lipinski definition) is 5. The van der Waals surface area contributed by atoms with Crippen LogP contribution in [0, 0.1) is 0 Å². The van der Waals surface area contributed by atoms with Gasteiger partial charge in [0.25, 0.3) is 5.56 Å². The molecule has 1 aromatic rings. The number of aliphatic hydroxyl groups is 4. The van der Waals surface area contributed by atoms with Crippen LogP contribution in [0.15, 0.2) is 15.8 Å². The summed E-state index contributed by atoms with van der Waals surface area (Å²) >= 11 is 5.59. The van der Waals surface area contributed by atoms with Gasteiger partial charge in [-0.15, -0.1) is 0 Å². The first-order valence-electron chi connectivity index (χ1n) is 5.68. The molecule has 0 radical (unpaired) electrons. The molecule has 1 aliphatic heterocycles. The summed E-state index contributed by atoms with van der Waals surface area (Å²) in [5.41, 5.74) is -1.72. The first-order valence-corrected chi connectivity index (χ1v) is 6.06. The van der Waals surface area contributed by atoms with Crippen LogP contribution >= 0.6 is 11.6 Å². The van der Waals surface area contributed by atoms with Gasteiger partial charge in [0, 0.05) is 6.20 Å². The van der Waals surface area contributed by atoms with E-state index in [0.29, 0.717) is 0 Å². The molecule has 20 heavy (non-hydrogen) atoms. The van der Waals surface area contributed by atoms with Crippen LogP contribution in [0.2, 0.25) is 5.02 Å². The lowest BCUT2D eigenvalue weighted by Gasteiger charge is -2.40. The minimum Gasteiger partial charge on any atom is -0.394 e. The molecule has 0 spiro atoms. The number of rotatable bonds is 2. The van der Waals surface area contributed by atoms with E-state index in [1.807, 2.05) is 4.98 Å². The van der Waals surface area contributed by atoms with Crippen molar-refractivity contribution in [1.29, 1.82) is 0 Å². The maximum atomic E-state index is 11.7. The summed E-state index contributed by atoms with van der Waals surface area (Å²) in [5, 5.41) is 37.8. The molecule has 5 atom stereocenters. The fraction of sp³-hybridized carbons (Fsp3) is 0.600. The molecular weight excluding hydrogens is 296 g/mol. The SMILES string of the molecule is O=c1[nH]c(=O)n([C@@H]2O[C@H](CO)[C@@H](O)[C@H](O)[C@H]2O)cc1Cl. The van der Waals surface area contributed by atoms with E-state index in [0.717, 1.165) is 10.8 Å². The molecule has 2 heterocycles. The Morgan fingerprint density at radius 2 is 1.90 bits per heavy atom. The van der Waals surface area contributed by atoms with Gasteiger partial charge in [-0.3, -0.25) is 14.3 Å². The van der Waals surface area contributed by atoms with Gasteiger partial charge in [-0.05, 0) is 0 Å². The molecule has 0 aromatic carbocycles. The van der Waals surface area contributed by atoms with Gasteiger partial charge in [-0.25, -0.2) is 4.79 Å². The first-order chi connectivity index (χ1) is 9.36. The zero-order valence-electron chi connectivity index (χ0n) is 10.0. The highest BCUT2D eigenvalue weighted by Crippen LogP contribution is 2.27. The highest BCUT2D eigenvalue weighted by Gasteiger charge is 2.44. The number of aromatic amines is 1. The van der Waals surface area contributed by atoms with Crippen LogP contribution in [0.5, 0.6) is 0 Å². The van der Waals surface area contributed by atoms with Crippen LogP contribution in [-0.2, 0) is 4.74 Å². The molecule has 1 aliphatic rings. The Hall–Kier alpha value is -1.23. The van der Waals surface area contributed by atoms with Crippen molar-refractivity contribution in [3.05, 3.63) is 32.1 Å². The zero-order valence-corrected chi connectivity index (χ0v) is 10.8. The predicted molar refractivity (Wildman–Crippen MR) is 65.3 cm³/mol. The number of nitrogens with one attached hydrogen (secondary N) is 1. The Labute approximate surface area is 116 Å². The van der Waals surface area contributed by atoms with Gasteiger partial charge in [0.05, 0.1) is 6.61 Å². The maximum Gasteiger partial charge on any atom is 0.330 e. The lowest BCUT2D eigenvalue weighted by atomic mass is 9.98. The van der Waals surface area contributed by atoms with E-state index in [1.165, 1.54) is 0 Å². The Morgan fingerprint density at radius 1 is 1.25 bits per heavy atom. The molecule has 1 aromatic heterocycles. The van der Waals surface area contributed by atoms with E-state index >= 15 is 0 Å². The van der Waals surface area contributed by atoms with Gasteiger partial charge in [-0.1, -0.05) is 11.6 Å². The molecule has 1 fully saturated rings. The third kappa shape index (κ3) is 2.51. The second-order valence-electron chi connectivity index (χ2n) is 4.36. The normalized spacial score (nSPS) is 34.1. The molecule has 5 N–H and O–H groups in total. The third-order valence-electron chi connectivity index (χ3n) is 3.07. The second-order valence-corrected chi connectivity index (χ2v) is 4.77. The van der Waals surface area contributed by atoms with Crippen molar-refractivity contribution >= 4 is 11.6 Å².